The van der Waals surface area contributed by atoms with Crippen LogP contribution in [0.5, 0.6) is 0 Å². The van der Waals surface area contributed by atoms with Crippen LogP contribution in [0, 0.1) is 0 Å². The number of aryl methyl sites for hydroxylation is 1. The largest absolute Gasteiger partial charge is 0.465 e. The predicted octanol–water partition coefficient (Wildman–Crippen LogP) is 6.73. The number of anilines is 3. The maximum absolute atomic E-state index is 12.9. The number of carbonyl (C=O) groups is 3. The Morgan fingerprint density at radius 2 is 1.53 bits per heavy atom. The fourth-order valence-electron chi connectivity index (χ4n) is 6.04. The zero-order valence-corrected chi connectivity index (χ0v) is 25.3. The molecule has 0 saturated heterocycles. The lowest BCUT2D eigenvalue weighted by atomic mass is 10.0. The van der Waals surface area contributed by atoms with Crippen LogP contribution in [0.25, 0.3) is 10.9 Å². The molecule has 0 atom stereocenters. The van der Waals surface area contributed by atoms with Gasteiger partial charge in [-0.2, -0.15) is 0 Å². The normalized spacial score (nSPS) is 12.0. The number of amides is 1. The van der Waals surface area contributed by atoms with Gasteiger partial charge in [0, 0.05) is 52.1 Å². The Kier molecular flexibility index (Phi) is 8.59. The predicted molar refractivity (Wildman–Crippen MR) is 173 cm³/mol. The van der Waals surface area contributed by atoms with Gasteiger partial charge in [0.2, 0.25) is 0 Å². The minimum Gasteiger partial charge on any atom is -0.465 e. The van der Waals surface area contributed by atoms with Crippen molar-refractivity contribution in [2.45, 2.75) is 38.6 Å². The van der Waals surface area contributed by atoms with Gasteiger partial charge in [0.25, 0.3) is 5.91 Å². The average Bonchev–Trinajstić information content (AvgIpc) is 3.67. The monoisotopic (exact) mass is 602 g/mol. The number of pyridine rings is 1. The van der Waals surface area contributed by atoms with Gasteiger partial charge in [-0.05, 0) is 86.2 Å². The molecule has 1 amide bonds. The molecule has 1 aliphatic rings. The highest BCUT2D eigenvalue weighted by Crippen LogP contribution is 2.32. The first kappa shape index (κ1) is 29.6. The Morgan fingerprint density at radius 3 is 2.29 bits per heavy atom. The number of fused-ring (bicyclic) bond motifs is 2. The Bertz CT molecular complexity index is 1870. The van der Waals surface area contributed by atoms with Crippen molar-refractivity contribution in [1.29, 1.82) is 0 Å². The van der Waals surface area contributed by atoms with Gasteiger partial charge in [0.05, 0.1) is 30.9 Å². The first-order valence-electron chi connectivity index (χ1n) is 15.0. The van der Waals surface area contributed by atoms with Gasteiger partial charge in [-0.25, -0.2) is 9.59 Å². The van der Waals surface area contributed by atoms with Crippen LogP contribution < -0.4 is 10.6 Å². The van der Waals surface area contributed by atoms with Crippen molar-refractivity contribution in [3.8, 4) is 0 Å². The molecule has 2 N–H and O–H groups in total. The second-order valence-electron chi connectivity index (χ2n) is 11.0. The van der Waals surface area contributed by atoms with Crippen molar-refractivity contribution in [3.05, 3.63) is 119 Å². The third kappa shape index (κ3) is 6.15. The molecule has 9 heteroatoms. The van der Waals surface area contributed by atoms with Crippen molar-refractivity contribution < 1.29 is 23.9 Å². The van der Waals surface area contributed by atoms with Crippen molar-refractivity contribution >= 4 is 45.8 Å². The standard InChI is InChI=1S/C36H34N4O5/c1-44-35(42)32-30(40-22-6-11-31(40)33(32)36(43)45-2)10-5-7-23-12-16-26(17-13-23)39-34(41)24-14-18-25(19-15-24)38-29-20-21-37-28-9-4-3-8-27(28)29/h3-4,8-9,12-21H,5-7,10-11,22H2,1-2H3,(H,37,38)(H,39,41). The van der Waals surface area contributed by atoms with Crippen molar-refractivity contribution in [2.75, 3.05) is 24.9 Å². The second kappa shape index (κ2) is 13.1. The molecule has 0 aliphatic carbocycles. The van der Waals surface area contributed by atoms with Crippen LogP contribution in [0.4, 0.5) is 17.1 Å². The number of esters is 2. The molecule has 0 bridgehead atoms. The van der Waals surface area contributed by atoms with Gasteiger partial charge < -0.3 is 24.7 Å². The smallest absolute Gasteiger partial charge is 0.340 e. The lowest BCUT2D eigenvalue weighted by Crippen LogP contribution is -2.13. The van der Waals surface area contributed by atoms with Gasteiger partial charge in [-0.1, -0.05) is 30.3 Å². The summed E-state index contributed by atoms with van der Waals surface area (Å²) in [5.41, 5.74) is 7.44. The number of aromatic nitrogens is 2. The lowest BCUT2D eigenvalue weighted by molar-refractivity contribution is 0.0554. The number of carbonyl (C=O) groups excluding carboxylic acids is 3. The summed E-state index contributed by atoms with van der Waals surface area (Å²) >= 11 is 0. The molecule has 3 heterocycles. The summed E-state index contributed by atoms with van der Waals surface area (Å²) in [5, 5.41) is 7.41. The molecule has 3 aromatic carbocycles. The molecule has 1 aliphatic heterocycles. The van der Waals surface area contributed by atoms with Gasteiger partial charge in [0.1, 0.15) is 0 Å². The topological polar surface area (TPSA) is 112 Å². The first-order valence-corrected chi connectivity index (χ1v) is 15.0. The van der Waals surface area contributed by atoms with E-state index in [1.54, 1.807) is 18.3 Å². The molecular weight excluding hydrogens is 568 g/mol. The van der Waals surface area contributed by atoms with E-state index in [0.29, 0.717) is 28.8 Å². The van der Waals surface area contributed by atoms with Crippen molar-refractivity contribution in [1.82, 2.24) is 9.55 Å². The minimum absolute atomic E-state index is 0.192. The van der Waals surface area contributed by atoms with Crippen molar-refractivity contribution in [3.63, 3.8) is 0 Å². The molecule has 5 aromatic rings. The fraction of sp³-hybridized carbons (Fsp3) is 0.222. The minimum atomic E-state index is -0.513. The second-order valence-corrected chi connectivity index (χ2v) is 11.0. The zero-order valence-electron chi connectivity index (χ0n) is 25.3. The summed E-state index contributed by atoms with van der Waals surface area (Å²) in [5.74, 6) is -1.21. The van der Waals surface area contributed by atoms with E-state index in [-0.39, 0.29) is 5.91 Å². The molecule has 228 valence electrons. The molecule has 0 radical (unpaired) electrons. The highest BCUT2D eigenvalue weighted by molar-refractivity contribution is 6.06. The number of rotatable bonds is 10. The van der Waals surface area contributed by atoms with Crippen LogP contribution in [-0.4, -0.2) is 41.6 Å². The summed E-state index contributed by atoms with van der Waals surface area (Å²) in [6.07, 6.45) is 5.58. The van der Waals surface area contributed by atoms with Gasteiger partial charge in [-0.15, -0.1) is 0 Å². The Morgan fingerprint density at radius 1 is 0.822 bits per heavy atom. The van der Waals surface area contributed by atoms with Crippen LogP contribution in [0.1, 0.15) is 60.9 Å². The molecule has 6 rings (SSSR count). The first-order chi connectivity index (χ1) is 22.0. The van der Waals surface area contributed by atoms with Gasteiger partial charge in [-0.3, -0.25) is 9.78 Å². The van der Waals surface area contributed by atoms with Crippen LogP contribution in [0.15, 0.2) is 85.1 Å². The summed E-state index contributed by atoms with van der Waals surface area (Å²) in [6.45, 7) is 0.765. The van der Waals surface area contributed by atoms with Crippen LogP contribution in [-0.2, 0) is 35.3 Å². The van der Waals surface area contributed by atoms with E-state index in [9.17, 15) is 14.4 Å². The Balaban J connectivity index is 1.06. The lowest BCUT2D eigenvalue weighted by Gasteiger charge is -2.11. The van der Waals surface area contributed by atoms with E-state index in [4.69, 9.17) is 9.47 Å². The molecule has 2 aromatic heterocycles. The molecule has 0 unspecified atom stereocenters. The zero-order chi connectivity index (χ0) is 31.3. The third-order valence-corrected chi connectivity index (χ3v) is 8.22. The molecule has 0 saturated carbocycles. The summed E-state index contributed by atoms with van der Waals surface area (Å²) in [7, 11) is 2.65. The quantitative estimate of drug-likeness (QED) is 0.171. The number of hydrogen-bond donors (Lipinski definition) is 2. The highest BCUT2D eigenvalue weighted by Gasteiger charge is 2.33. The van der Waals surface area contributed by atoms with E-state index >= 15 is 0 Å². The van der Waals surface area contributed by atoms with E-state index in [0.717, 1.165) is 71.5 Å². The number of hydrogen-bond acceptors (Lipinski definition) is 7. The molecule has 0 spiro atoms. The van der Waals surface area contributed by atoms with Crippen LogP contribution in [0.2, 0.25) is 0 Å². The summed E-state index contributed by atoms with van der Waals surface area (Å²) < 4.78 is 12.1. The Hall–Kier alpha value is -5.44. The number of nitrogens with zero attached hydrogens (tertiary/aromatic N) is 2. The molecule has 9 nitrogen and oxygen atoms in total. The van der Waals surface area contributed by atoms with E-state index in [1.807, 2.05) is 66.7 Å². The third-order valence-electron chi connectivity index (χ3n) is 8.22. The van der Waals surface area contributed by atoms with Crippen LogP contribution in [0.3, 0.4) is 0 Å². The number of para-hydroxylation sites is 1. The van der Waals surface area contributed by atoms with E-state index in [1.165, 1.54) is 14.2 Å². The summed E-state index contributed by atoms with van der Waals surface area (Å²) in [4.78, 5) is 42.6. The highest BCUT2D eigenvalue weighted by atomic mass is 16.5. The number of benzene rings is 3. The van der Waals surface area contributed by atoms with Gasteiger partial charge >= 0.3 is 11.9 Å². The van der Waals surface area contributed by atoms with Gasteiger partial charge in [0.15, 0.2) is 0 Å². The maximum Gasteiger partial charge on any atom is 0.340 e. The molecular formula is C36H34N4O5. The maximum atomic E-state index is 12.9. The average molecular weight is 603 g/mol. The van der Waals surface area contributed by atoms with E-state index < -0.39 is 11.9 Å². The van der Waals surface area contributed by atoms with Crippen molar-refractivity contribution in [2.24, 2.45) is 0 Å². The number of ether oxygens (including phenoxy) is 2. The molecule has 0 fully saturated rings. The molecule has 45 heavy (non-hydrogen) atoms. The van der Waals surface area contributed by atoms with E-state index in [2.05, 4.69) is 20.2 Å². The number of methoxy groups -OCH3 is 2. The van der Waals surface area contributed by atoms with Crippen LogP contribution >= 0.6 is 0 Å². The Labute approximate surface area is 261 Å². The fourth-order valence-corrected chi connectivity index (χ4v) is 6.04. The summed E-state index contributed by atoms with van der Waals surface area (Å²) in [6, 6.07) is 25.0. The number of nitrogens with one attached hydrogen (secondary N) is 2. The SMILES string of the molecule is COC(=O)c1c(C(=O)OC)c2n(c1CCCc1ccc(NC(=O)c3ccc(Nc4ccnc5ccccc45)cc3)cc1)CCC2.